The lowest BCUT2D eigenvalue weighted by molar-refractivity contribution is 0.0988. The van der Waals surface area contributed by atoms with Gasteiger partial charge in [-0.1, -0.05) is 19.1 Å². The van der Waals surface area contributed by atoms with E-state index in [2.05, 4.69) is 4.72 Å². The quantitative estimate of drug-likeness (QED) is 0.831. The molecular weight excluding hydrogens is 288 g/mol. The van der Waals surface area contributed by atoms with Gasteiger partial charge in [-0.05, 0) is 23.8 Å². The lowest BCUT2D eigenvalue weighted by atomic mass is 10.1. The fourth-order valence-electron chi connectivity index (χ4n) is 1.97. The zero-order chi connectivity index (χ0) is 15.5. The van der Waals surface area contributed by atoms with E-state index in [0.29, 0.717) is 12.0 Å². The molecule has 0 aliphatic carbocycles. The van der Waals surface area contributed by atoms with Gasteiger partial charge in [-0.15, -0.1) is 0 Å². The monoisotopic (exact) mass is 306 g/mol. The van der Waals surface area contributed by atoms with E-state index in [4.69, 9.17) is 0 Å². The van der Waals surface area contributed by atoms with Crippen LogP contribution in [0.25, 0.3) is 0 Å². The first-order valence-corrected chi connectivity index (χ1v) is 8.14. The van der Waals surface area contributed by atoms with Crippen molar-refractivity contribution in [2.45, 2.75) is 24.8 Å². The average Bonchev–Trinajstić information content (AvgIpc) is 2.90. The second-order valence-corrected chi connectivity index (χ2v) is 6.58. The van der Waals surface area contributed by atoms with E-state index in [0.717, 1.165) is 5.56 Å². The minimum Gasteiger partial charge on any atom is -0.357 e. The molecular formula is C15H18N2O3S. The summed E-state index contributed by atoms with van der Waals surface area (Å²) < 4.78 is 28.9. The maximum Gasteiger partial charge on any atom is 0.240 e. The van der Waals surface area contributed by atoms with Crippen LogP contribution in [0.5, 0.6) is 0 Å². The average molecular weight is 306 g/mol. The largest absolute Gasteiger partial charge is 0.357 e. The molecule has 0 aliphatic rings. The molecule has 1 aromatic heterocycles. The number of carbonyl (C=O) groups is 1. The van der Waals surface area contributed by atoms with Crippen LogP contribution in [0.2, 0.25) is 0 Å². The summed E-state index contributed by atoms with van der Waals surface area (Å²) in [5.74, 6) is -0.0740. The summed E-state index contributed by atoms with van der Waals surface area (Å²) >= 11 is 0. The van der Waals surface area contributed by atoms with Crippen molar-refractivity contribution in [2.24, 2.45) is 7.05 Å². The molecule has 1 N–H and O–H groups in total. The molecule has 0 saturated heterocycles. The lowest BCUT2D eigenvalue weighted by Crippen LogP contribution is -2.23. The molecule has 0 spiro atoms. The third-order valence-electron chi connectivity index (χ3n) is 3.15. The van der Waals surface area contributed by atoms with Crippen molar-refractivity contribution in [3.63, 3.8) is 0 Å². The summed E-state index contributed by atoms with van der Waals surface area (Å²) in [6.07, 6.45) is 4.05. The van der Waals surface area contributed by atoms with Gasteiger partial charge < -0.3 is 4.57 Å². The fourth-order valence-corrected chi connectivity index (χ4v) is 3.03. The molecule has 1 aromatic carbocycles. The van der Waals surface area contributed by atoms with E-state index in [9.17, 15) is 13.2 Å². The van der Waals surface area contributed by atoms with Crippen LogP contribution in [0.15, 0.2) is 47.6 Å². The number of benzene rings is 1. The third kappa shape index (κ3) is 3.80. The van der Waals surface area contributed by atoms with Crippen LogP contribution in [0.3, 0.4) is 0 Å². The zero-order valence-electron chi connectivity index (χ0n) is 12.0. The van der Waals surface area contributed by atoms with Crippen LogP contribution in [-0.4, -0.2) is 18.8 Å². The number of rotatable bonds is 6. The second kappa shape index (κ2) is 6.24. The SMILES string of the molecule is CCC(=O)c1cccc(S(=O)(=O)NCc2ccn(C)c2)c1. The molecule has 1 heterocycles. The normalized spacial score (nSPS) is 11.5. The Bertz CT molecular complexity index is 748. The Morgan fingerprint density at radius 2 is 2.05 bits per heavy atom. The number of Topliss-reactive ketones (excluding diaryl/α,β-unsaturated/α-hetero) is 1. The molecule has 21 heavy (non-hydrogen) atoms. The zero-order valence-corrected chi connectivity index (χ0v) is 12.9. The Morgan fingerprint density at radius 3 is 2.67 bits per heavy atom. The van der Waals surface area contributed by atoms with Crippen LogP contribution >= 0.6 is 0 Å². The van der Waals surface area contributed by atoms with E-state index >= 15 is 0 Å². The molecule has 0 atom stereocenters. The van der Waals surface area contributed by atoms with Crippen molar-refractivity contribution in [2.75, 3.05) is 0 Å². The Morgan fingerprint density at radius 1 is 1.29 bits per heavy atom. The van der Waals surface area contributed by atoms with E-state index in [1.165, 1.54) is 12.1 Å². The summed E-state index contributed by atoms with van der Waals surface area (Å²) in [7, 11) is -1.75. The summed E-state index contributed by atoms with van der Waals surface area (Å²) in [4.78, 5) is 11.8. The Kier molecular flexibility index (Phi) is 4.59. The maximum atomic E-state index is 12.2. The van der Waals surface area contributed by atoms with Gasteiger partial charge in [0.15, 0.2) is 5.78 Å². The van der Waals surface area contributed by atoms with Gasteiger partial charge >= 0.3 is 0 Å². The highest BCUT2D eigenvalue weighted by molar-refractivity contribution is 7.89. The summed E-state index contributed by atoms with van der Waals surface area (Å²) in [6.45, 7) is 1.96. The molecule has 5 nitrogen and oxygen atoms in total. The smallest absolute Gasteiger partial charge is 0.240 e. The van der Waals surface area contributed by atoms with Gasteiger partial charge in [0.1, 0.15) is 0 Å². The summed E-state index contributed by atoms with van der Waals surface area (Å²) in [6, 6.07) is 7.96. The molecule has 6 heteroatoms. The predicted octanol–water partition coefficient (Wildman–Crippen LogP) is 2.10. The van der Waals surface area contributed by atoms with Crippen LogP contribution in [0.1, 0.15) is 29.3 Å². The van der Waals surface area contributed by atoms with Crippen LogP contribution < -0.4 is 4.72 Å². The van der Waals surface area contributed by atoms with E-state index in [1.807, 2.05) is 30.1 Å². The molecule has 0 radical (unpaired) electrons. The van der Waals surface area contributed by atoms with Gasteiger partial charge in [-0.25, -0.2) is 13.1 Å². The van der Waals surface area contributed by atoms with Gasteiger partial charge in [0.25, 0.3) is 0 Å². The Labute approximate surface area is 124 Å². The summed E-state index contributed by atoms with van der Waals surface area (Å²) in [5.41, 5.74) is 1.29. The molecule has 112 valence electrons. The van der Waals surface area contributed by atoms with E-state index in [-0.39, 0.29) is 17.2 Å². The number of ketones is 1. The molecule has 0 aliphatic heterocycles. The van der Waals surface area contributed by atoms with Gasteiger partial charge in [-0.3, -0.25) is 4.79 Å². The number of aromatic nitrogens is 1. The maximum absolute atomic E-state index is 12.2. The predicted molar refractivity (Wildman–Crippen MR) is 80.5 cm³/mol. The van der Waals surface area contributed by atoms with Crippen molar-refractivity contribution in [3.05, 3.63) is 53.9 Å². The number of nitrogens with zero attached hydrogens (tertiary/aromatic N) is 1. The van der Waals surface area contributed by atoms with E-state index < -0.39 is 10.0 Å². The molecule has 0 bridgehead atoms. The highest BCUT2D eigenvalue weighted by atomic mass is 32.2. The summed E-state index contributed by atoms with van der Waals surface area (Å²) in [5, 5.41) is 0. The van der Waals surface area contributed by atoms with Crippen LogP contribution in [0.4, 0.5) is 0 Å². The molecule has 0 fully saturated rings. The first-order chi connectivity index (χ1) is 9.92. The van der Waals surface area contributed by atoms with Crippen molar-refractivity contribution in [1.29, 1.82) is 0 Å². The highest BCUT2D eigenvalue weighted by Crippen LogP contribution is 2.13. The second-order valence-electron chi connectivity index (χ2n) is 4.81. The standard InChI is InChI=1S/C15H18N2O3S/c1-3-15(18)13-5-4-6-14(9-13)21(19,20)16-10-12-7-8-17(2)11-12/h4-9,11,16H,3,10H2,1-2H3. The van der Waals surface area contributed by atoms with Crippen LogP contribution in [0, 0.1) is 0 Å². The molecule has 2 rings (SSSR count). The van der Waals surface area contributed by atoms with Gasteiger partial charge in [-0.2, -0.15) is 0 Å². The van der Waals surface area contributed by atoms with Gasteiger partial charge in [0.2, 0.25) is 10.0 Å². The number of sulfonamides is 1. The minimum atomic E-state index is -3.62. The number of nitrogens with one attached hydrogen (secondary N) is 1. The Hall–Kier alpha value is -1.92. The molecule has 0 amide bonds. The van der Waals surface area contributed by atoms with Crippen molar-refractivity contribution in [1.82, 2.24) is 9.29 Å². The molecule has 0 saturated carbocycles. The molecule has 0 unspecified atom stereocenters. The lowest BCUT2D eigenvalue weighted by Gasteiger charge is -2.07. The van der Waals surface area contributed by atoms with Gasteiger partial charge in [0, 0.05) is 38.0 Å². The number of hydrogen-bond acceptors (Lipinski definition) is 3. The molecule has 2 aromatic rings. The minimum absolute atomic E-state index is 0.0740. The number of hydrogen-bond donors (Lipinski definition) is 1. The Balaban J connectivity index is 2.17. The van der Waals surface area contributed by atoms with Crippen molar-refractivity contribution >= 4 is 15.8 Å². The van der Waals surface area contributed by atoms with E-state index in [1.54, 1.807) is 19.1 Å². The number of aryl methyl sites for hydroxylation is 1. The van der Waals surface area contributed by atoms with Crippen LogP contribution in [-0.2, 0) is 23.6 Å². The third-order valence-corrected chi connectivity index (χ3v) is 4.55. The van der Waals surface area contributed by atoms with Gasteiger partial charge in [0.05, 0.1) is 4.90 Å². The first kappa shape index (κ1) is 15.5. The van der Waals surface area contributed by atoms with Crippen molar-refractivity contribution in [3.8, 4) is 0 Å². The topological polar surface area (TPSA) is 68.2 Å². The number of carbonyl (C=O) groups excluding carboxylic acids is 1. The van der Waals surface area contributed by atoms with Crippen molar-refractivity contribution < 1.29 is 13.2 Å². The first-order valence-electron chi connectivity index (χ1n) is 6.66. The fraction of sp³-hybridized carbons (Fsp3) is 0.267. The highest BCUT2D eigenvalue weighted by Gasteiger charge is 2.15.